The van der Waals surface area contributed by atoms with Gasteiger partial charge in [0.05, 0.1) is 0 Å². The van der Waals surface area contributed by atoms with E-state index in [0.29, 0.717) is 6.04 Å². The van der Waals surface area contributed by atoms with Gasteiger partial charge in [-0.3, -0.25) is 0 Å². The highest BCUT2D eigenvalue weighted by molar-refractivity contribution is 9.10. The number of rotatable bonds is 4. The lowest BCUT2D eigenvalue weighted by molar-refractivity contribution is 0.270. The van der Waals surface area contributed by atoms with Crippen LogP contribution in [-0.4, -0.2) is 11.0 Å². The first-order valence-electron chi connectivity index (χ1n) is 5.67. The van der Waals surface area contributed by atoms with Crippen LogP contribution in [0.3, 0.4) is 0 Å². The van der Waals surface area contributed by atoms with Crippen LogP contribution in [0.25, 0.3) is 0 Å². The standard InChI is InChI=1S/C12H17BrN2/c1-2-11(9-4-3-5-9)15-12-7-6-10(13)8-14-12/h6-9,11H,2-5H2,1H3,(H,14,15). The van der Waals surface area contributed by atoms with Crippen molar-refractivity contribution < 1.29 is 0 Å². The zero-order chi connectivity index (χ0) is 10.7. The summed E-state index contributed by atoms with van der Waals surface area (Å²) in [5.74, 6) is 1.86. The van der Waals surface area contributed by atoms with Crippen molar-refractivity contribution >= 4 is 21.7 Å². The zero-order valence-electron chi connectivity index (χ0n) is 9.04. The third kappa shape index (κ3) is 2.71. The van der Waals surface area contributed by atoms with Gasteiger partial charge in [-0.05, 0) is 53.2 Å². The number of halogens is 1. The molecule has 1 aromatic rings. The molecule has 1 saturated carbocycles. The highest BCUT2D eigenvalue weighted by Gasteiger charge is 2.25. The fourth-order valence-electron chi connectivity index (χ4n) is 2.05. The van der Waals surface area contributed by atoms with Crippen LogP contribution in [0.5, 0.6) is 0 Å². The first-order chi connectivity index (χ1) is 7.29. The lowest BCUT2D eigenvalue weighted by atomic mass is 9.79. The molecule has 2 nitrogen and oxygen atoms in total. The Balaban J connectivity index is 1.96. The van der Waals surface area contributed by atoms with Crippen molar-refractivity contribution in [2.45, 2.75) is 38.6 Å². The van der Waals surface area contributed by atoms with Crippen LogP contribution in [0.4, 0.5) is 5.82 Å². The number of aromatic nitrogens is 1. The summed E-state index contributed by atoms with van der Waals surface area (Å²) in [7, 11) is 0. The van der Waals surface area contributed by atoms with Gasteiger partial charge >= 0.3 is 0 Å². The van der Waals surface area contributed by atoms with Gasteiger partial charge in [-0.25, -0.2) is 4.98 Å². The average Bonchev–Trinajstić information content (AvgIpc) is 2.17. The van der Waals surface area contributed by atoms with E-state index in [0.717, 1.165) is 16.2 Å². The van der Waals surface area contributed by atoms with E-state index in [9.17, 15) is 0 Å². The van der Waals surface area contributed by atoms with Crippen LogP contribution in [0.2, 0.25) is 0 Å². The molecule has 1 heterocycles. The van der Waals surface area contributed by atoms with E-state index >= 15 is 0 Å². The third-order valence-electron chi connectivity index (χ3n) is 3.22. The minimum absolute atomic E-state index is 0.604. The molecule has 0 spiro atoms. The topological polar surface area (TPSA) is 24.9 Å². The Labute approximate surface area is 99.6 Å². The van der Waals surface area contributed by atoms with Crippen molar-refractivity contribution in [1.82, 2.24) is 4.98 Å². The Morgan fingerprint density at radius 1 is 1.53 bits per heavy atom. The molecule has 1 atom stereocenters. The van der Waals surface area contributed by atoms with Gasteiger partial charge < -0.3 is 5.32 Å². The summed E-state index contributed by atoms with van der Waals surface area (Å²) in [5, 5.41) is 3.53. The van der Waals surface area contributed by atoms with Gasteiger partial charge in [-0.1, -0.05) is 13.3 Å². The summed E-state index contributed by atoms with van der Waals surface area (Å²) in [6, 6.07) is 4.67. The maximum Gasteiger partial charge on any atom is 0.126 e. The van der Waals surface area contributed by atoms with E-state index in [1.165, 1.54) is 25.7 Å². The number of anilines is 1. The summed E-state index contributed by atoms with van der Waals surface area (Å²) in [6.45, 7) is 2.24. The third-order valence-corrected chi connectivity index (χ3v) is 3.69. The van der Waals surface area contributed by atoms with Crippen molar-refractivity contribution in [3.63, 3.8) is 0 Å². The molecular formula is C12H17BrN2. The summed E-state index contributed by atoms with van der Waals surface area (Å²) >= 11 is 3.39. The molecule has 2 rings (SSSR count). The van der Waals surface area contributed by atoms with Crippen molar-refractivity contribution in [3.05, 3.63) is 22.8 Å². The van der Waals surface area contributed by atoms with E-state index in [-0.39, 0.29) is 0 Å². The maximum absolute atomic E-state index is 4.35. The smallest absolute Gasteiger partial charge is 0.126 e. The van der Waals surface area contributed by atoms with Crippen molar-refractivity contribution in [3.8, 4) is 0 Å². The predicted molar refractivity (Wildman–Crippen MR) is 67.0 cm³/mol. The summed E-state index contributed by atoms with van der Waals surface area (Å²) in [5.41, 5.74) is 0. The molecule has 1 aromatic heterocycles. The number of pyridine rings is 1. The molecule has 15 heavy (non-hydrogen) atoms. The van der Waals surface area contributed by atoms with Crippen LogP contribution in [0.1, 0.15) is 32.6 Å². The molecule has 82 valence electrons. The van der Waals surface area contributed by atoms with Crippen LogP contribution in [0.15, 0.2) is 22.8 Å². The second kappa shape index (κ2) is 4.97. The minimum Gasteiger partial charge on any atom is -0.367 e. The van der Waals surface area contributed by atoms with Crippen molar-refractivity contribution in [2.75, 3.05) is 5.32 Å². The SMILES string of the molecule is CCC(Nc1ccc(Br)cn1)C1CCC1. The number of hydrogen-bond donors (Lipinski definition) is 1. The predicted octanol–water partition coefficient (Wildman–Crippen LogP) is 3.83. The Kier molecular flexibility index (Phi) is 3.62. The van der Waals surface area contributed by atoms with Crippen LogP contribution >= 0.6 is 15.9 Å². The molecule has 1 N–H and O–H groups in total. The van der Waals surface area contributed by atoms with Gasteiger partial charge in [0.25, 0.3) is 0 Å². The fraction of sp³-hybridized carbons (Fsp3) is 0.583. The van der Waals surface area contributed by atoms with E-state index in [2.05, 4.69) is 33.2 Å². The van der Waals surface area contributed by atoms with Gasteiger partial charge in [0.2, 0.25) is 0 Å². The number of nitrogens with one attached hydrogen (secondary N) is 1. The van der Waals surface area contributed by atoms with E-state index in [1.807, 2.05) is 18.3 Å². The molecule has 0 amide bonds. The van der Waals surface area contributed by atoms with Crippen LogP contribution < -0.4 is 5.32 Å². The van der Waals surface area contributed by atoms with Crippen molar-refractivity contribution in [1.29, 1.82) is 0 Å². The Morgan fingerprint density at radius 2 is 2.33 bits per heavy atom. The molecule has 0 saturated heterocycles. The fourth-order valence-corrected chi connectivity index (χ4v) is 2.28. The molecule has 3 heteroatoms. The maximum atomic E-state index is 4.35. The molecule has 0 aliphatic heterocycles. The van der Waals surface area contributed by atoms with Crippen molar-refractivity contribution in [2.24, 2.45) is 5.92 Å². The summed E-state index contributed by atoms with van der Waals surface area (Å²) in [4.78, 5) is 4.35. The Morgan fingerprint density at radius 3 is 2.80 bits per heavy atom. The minimum atomic E-state index is 0.604. The van der Waals surface area contributed by atoms with Gasteiger partial charge in [0.1, 0.15) is 5.82 Å². The Hall–Kier alpha value is -0.570. The normalized spacial score (nSPS) is 18.3. The summed E-state index contributed by atoms with van der Waals surface area (Å²) < 4.78 is 1.03. The molecule has 1 aliphatic rings. The number of nitrogens with zero attached hydrogens (tertiary/aromatic N) is 1. The second-order valence-corrected chi connectivity index (χ2v) is 5.13. The molecule has 0 aromatic carbocycles. The van der Waals surface area contributed by atoms with Gasteiger partial charge in [0, 0.05) is 16.7 Å². The molecule has 1 fully saturated rings. The molecule has 1 unspecified atom stereocenters. The highest BCUT2D eigenvalue weighted by Crippen LogP contribution is 2.32. The van der Waals surface area contributed by atoms with Crippen LogP contribution in [-0.2, 0) is 0 Å². The van der Waals surface area contributed by atoms with Gasteiger partial charge in [0.15, 0.2) is 0 Å². The van der Waals surface area contributed by atoms with E-state index < -0.39 is 0 Å². The Bertz CT molecular complexity index is 306. The lowest BCUT2D eigenvalue weighted by Gasteiger charge is -2.34. The van der Waals surface area contributed by atoms with Gasteiger partial charge in [-0.15, -0.1) is 0 Å². The zero-order valence-corrected chi connectivity index (χ0v) is 10.6. The molecule has 1 aliphatic carbocycles. The van der Waals surface area contributed by atoms with Crippen LogP contribution in [0, 0.1) is 5.92 Å². The largest absolute Gasteiger partial charge is 0.367 e. The van der Waals surface area contributed by atoms with E-state index in [4.69, 9.17) is 0 Å². The molecule has 0 radical (unpaired) electrons. The monoisotopic (exact) mass is 268 g/mol. The molecular weight excluding hydrogens is 252 g/mol. The number of hydrogen-bond acceptors (Lipinski definition) is 2. The quantitative estimate of drug-likeness (QED) is 0.898. The molecule has 0 bridgehead atoms. The first-order valence-corrected chi connectivity index (χ1v) is 6.47. The summed E-state index contributed by atoms with van der Waals surface area (Å²) in [6.07, 6.45) is 7.18. The van der Waals surface area contributed by atoms with E-state index in [1.54, 1.807) is 0 Å². The second-order valence-electron chi connectivity index (χ2n) is 4.21. The van der Waals surface area contributed by atoms with Gasteiger partial charge in [-0.2, -0.15) is 0 Å². The average molecular weight is 269 g/mol. The first kappa shape index (κ1) is 10.9. The highest BCUT2D eigenvalue weighted by atomic mass is 79.9. The lowest BCUT2D eigenvalue weighted by Crippen LogP contribution is -2.33.